The van der Waals surface area contributed by atoms with Crippen molar-refractivity contribution in [3.8, 4) is 22.6 Å². The van der Waals surface area contributed by atoms with Crippen molar-refractivity contribution in [1.29, 1.82) is 0 Å². The molecule has 31 heavy (non-hydrogen) atoms. The van der Waals surface area contributed by atoms with E-state index in [0.29, 0.717) is 11.7 Å². The van der Waals surface area contributed by atoms with E-state index in [1.807, 2.05) is 88.4 Å². The molecule has 0 saturated heterocycles. The highest BCUT2D eigenvalue weighted by molar-refractivity contribution is 5.98. The van der Waals surface area contributed by atoms with Crippen LogP contribution in [0, 0.1) is 0 Å². The van der Waals surface area contributed by atoms with Gasteiger partial charge in [0.25, 0.3) is 0 Å². The first-order valence-electron chi connectivity index (χ1n) is 10.1. The van der Waals surface area contributed by atoms with E-state index in [9.17, 15) is 0 Å². The Kier molecular flexibility index (Phi) is 6.97. The second-order valence-corrected chi connectivity index (χ2v) is 7.58. The smallest absolute Gasteiger partial charge is 0.170 e. The summed E-state index contributed by atoms with van der Waals surface area (Å²) in [5.74, 6) is 2.18. The van der Waals surface area contributed by atoms with Crippen LogP contribution >= 0.6 is 0 Å². The van der Waals surface area contributed by atoms with Crippen LogP contribution in [0.3, 0.4) is 0 Å². The van der Waals surface area contributed by atoms with Crippen LogP contribution in [0.1, 0.15) is 38.8 Å². The second kappa shape index (κ2) is 9.84. The summed E-state index contributed by atoms with van der Waals surface area (Å²) in [6.45, 7) is 7.58. The van der Waals surface area contributed by atoms with Gasteiger partial charge in [0.15, 0.2) is 11.7 Å². The Balaban J connectivity index is 1.73. The Hall–Kier alpha value is -3.74. The molecule has 0 radical (unpaired) electrons. The van der Waals surface area contributed by atoms with E-state index in [4.69, 9.17) is 25.6 Å². The van der Waals surface area contributed by atoms with Gasteiger partial charge in [-0.25, -0.2) is 0 Å². The molecule has 0 amide bonds. The molecule has 0 atom stereocenters. The summed E-state index contributed by atoms with van der Waals surface area (Å²) in [5.41, 5.74) is 15.4. The van der Waals surface area contributed by atoms with E-state index >= 15 is 0 Å². The molecule has 3 aromatic rings. The van der Waals surface area contributed by atoms with Gasteiger partial charge < -0.3 is 25.6 Å². The minimum atomic E-state index is -0.0227. The summed E-state index contributed by atoms with van der Waals surface area (Å²) in [6, 6.07) is 19.2. The fourth-order valence-electron chi connectivity index (χ4n) is 2.69. The van der Waals surface area contributed by atoms with Gasteiger partial charge in [-0.2, -0.15) is 0 Å². The first-order valence-corrected chi connectivity index (χ1v) is 10.1. The van der Waals surface area contributed by atoms with Crippen LogP contribution in [0.25, 0.3) is 22.6 Å². The Morgan fingerprint density at radius 3 is 1.32 bits per heavy atom. The van der Waals surface area contributed by atoms with E-state index in [1.165, 1.54) is 0 Å². The first kappa shape index (κ1) is 22.0. The molecule has 0 saturated carbocycles. The van der Waals surface area contributed by atoms with Gasteiger partial charge in [0.1, 0.15) is 23.7 Å². The SMILES string of the molecule is CC(C)ON=C(N)c1ccc(-c2ccc(-c3ccc(C(N)=NOC(C)C)cc3)o2)cc1. The Labute approximate surface area is 182 Å². The van der Waals surface area contributed by atoms with E-state index in [1.54, 1.807) is 0 Å². The average molecular weight is 421 g/mol. The molecule has 0 fully saturated rings. The number of furan rings is 1. The highest BCUT2D eigenvalue weighted by atomic mass is 16.6. The summed E-state index contributed by atoms with van der Waals surface area (Å²) in [4.78, 5) is 10.4. The predicted molar refractivity (Wildman–Crippen MR) is 123 cm³/mol. The molecule has 0 aliphatic rings. The number of hydrogen-bond acceptors (Lipinski definition) is 5. The third kappa shape index (κ3) is 5.88. The fraction of sp³-hybridized carbons (Fsp3) is 0.250. The molecule has 0 unspecified atom stereocenters. The monoisotopic (exact) mass is 420 g/mol. The first-order chi connectivity index (χ1) is 14.8. The molecular weight excluding hydrogens is 392 g/mol. The van der Waals surface area contributed by atoms with Crippen molar-refractivity contribution in [3.05, 3.63) is 71.8 Å². The van der Waals surface area contributed by atoms with Crippen LogP contribution in [0.4, 0.5) is 0 Å². The molecular formula is C24H28N4O3. The molecule has 0 bridgehead atoms. The Bertz CT molecular complexity index is 965. The number of rotatable bonds is 8. The van der Waals surface area contributed by atoms with Crippen LogP contribution in [0.5, 0.6) is 0 Å². The highest BCUT2D eigenvalue weighted by Gasteiger charge is 2.09. The van der Waals surface area contributed by atoms with E-state index in [-0.39, 0.29) is 12.2 Å². The van der Waals surface area contributed by atoms with Gasteiger partial charge in [0.2, 0.25) is 0 Å². The van der Waals surface area contributed by atoms with Crippen molar-refractivity contribution >= 4 is 11.7 Å². The maximum Gasteiger partial charge on any atom is 0.170 e. The van der Waals surface area contributed by atoms with Gasteiger partial charge in [-0.05, 0) is 39.8 Å². The van der Waals surface area contributed by atoms with Gasteiger partial charge in [0, 0.05) is 22.3 Å². The largest absolute Gasteiger partial charge is 0.456 e. The summed E-state index contributed by atoms with van der Waals surface area (Å²) in [6.07, 6.45) is -0.0453. The quantitative estimate of drug-likeness (QED) is 0.312. The zero-order valence-electron chi connectivity index (χ0n) is 18.2. The third-order valence-corrected chi connectivity index (χ3v) is 4.26. The van der Waals surface area contributed by atoms with Crippen LogP contribution < -0.4 is 11.5 Å². The summed E-state index contributed by atoms with van der Waals surface area (Å²) in [5, 5.41) is 7.85. The molecule has 7 heteroatoms. The summed E-state index contributed by atoms with van der Waals surface area (Å²) < 4.78 is 6.04. The number of nitrogens with zero attached hydrogens (tertiary/aromatic N) is 2. The number of hydrogen-bond donors (Lipinski definition) is 2. The normalized spacial score (nSPS) is 12.5. The highest BCUT2D eigenvalue weighted by Crippen LogP contribution is 2.29. The molecule has 0 spiro atoms. The van der Waals surface area contributed by atoms with Gasteiger partial charge in [-0.3, -0.25) is 0 Å². The molecule has 4 N–H and O–H groups in total. The van der Waals surface area contributed by atoms with Crippen LogP contribution in [-0.2, 0) is 9.68 Å². The van der Waals surface area contributed by atoms with E-state index < -0.39 is 0 Å². The van der Waals surface area contributed by atoms with Crippen molar-refractivity contribution < 1.29 is 14.1 Å². The lowest BCUT2D eigenvalue weighted by Crippen LogP contribution is -2.14. The van der Waals surface area contributed by atoms with Crippen LogP contribution in [0.15, 0.2) is 75.4 Å². The lowest BCUT2D eigenvalue weighted by atomic mass is 10.1. The van der Waals surface area contributed by atoms with Gasteiger partial charge in [0.05, 0.1) is 0 Å². The molecule has 1 aromatic heterocycles. The van der Waals surface area contributed by atoms with Crippen molar-refractivity contribution in [2.24, 2.45) is 21.8 Å². The topological polar surface area (TPSA) is 108 Å². The maximum atomic E-state index is 6.04. The number of amidine groups is 2. The lowest BCUT2D eigenvalue weighted by molar-refractivity contribution is 0.0857. The van der Waals surface area contributed by atoms with Gasteiger partial charge in [-0.1, -0.05) is 58.8 Å². The zero-order valence-corrected chi connectivity index (χ0v) is 18.2. The lowest BCUT2D eigenvalue weighted by Gasteiger charge is -2.06. The minimum Gasteiger partial charge on any atom is -0.456 e. The molecule has 0 aliphatic carbocycles. The van der Waals surface area contributed by atoms with Crippen molar-refractivity contribution in [2.75, 3.05) is 0 Å². The van der Waals surface area contributed by atoms with Gasteiger partial charge in [-0.15, -0.1) is 0 Å². The summed E-state index contributed by atoms with van der Waals surface area (Å²) in [7, 11) is 0. The fourth-order valence-corrected chi connectivity index (χ4v) is 2.69. The van der Waals surface area contributed by atoms with Gasteiger partial charge >= 0.3 is 0 Å². The zero-order chi connectivity index (χ0) is 22.4. The summed E-state index contributed by atoms with van der Waals surface area (Å²) >= 11 is 0. The van der Waals surface area contributed by atoms with Crippen LogP contribution in [0.2, 0.25) is 0 Å². The molecule has 162 valence electrons. The Morgan fingerprint density at radius 2 is 1.00 bits per heavy atom. The van der Waals surface area contributed by atoms with E-state index in [0.717, 1.165) is 33.8 Å². The minimum absolute atomic E-state index is 0.0227. The number of benzene rings is 2. The molecule has 1 heterocycles. The number of oxime groups is 2. The molecule has 2 aromatic carbocycles. The third-order valence-electron chi connectivity index (χ3n) is 4.26. The number of nitrogens with two attached hydrogens (primary N) is 2. The van der Waals surface area contributed by atoms with Crippen LogP contribution in [-0.4, -0.2) is 23.9 Å². The van der Waals surface area contributed by atoms with Crippen molar-refractivity contribution in [2.45, 2.75) is 39.9 Å². The second-order valence-electron chi connectivity index (χ2n) is 7.58. The van der Waals surface area contributed by atoms with Crippen molar-refractivity contribution in [1.82, 2.24) is 0 Å². The average Bonchev–Trinajstić information content (AvgIpc) is 3.26. The molecule has 0 aliphatic heterocycles. The molecule has 3 rings (SSSR count). The standard InChI is InChI=1S/C24H28N4O3/c1-15(2)30-27-23(25)19-9-5-17(6-10-19)21-13-14-22(29-21)18-7-11-20(12-8-18)24(26)28-31-16(3)4/h5-16H,1-4H3,(H2,25,27)(H2,26,28). The maximum absolute atomic E-state index is 6.04. The predicted octanol–water partition coefficient (Wildman–Crippen LogP) is 4.70. The van der Waals surface area contributed by atoms with E-state index in [2.05, 4.69) is 10.3 Å². The Morgan fingerprint density at radius 1 is 0.645 bits per heavy atom. The van der Waals surface area contributed by atoms with Crippen molar-refractivity contribution in [3.63, 3.8) is 0 Å². The molecule has 7 nitrogen and oxygen atoms in total.